The van der Waals surface area contributed by atoms with Gasteiger partial charge in [-0.05, 0) is 55.3 Å². The Labute approximate surface area is 187 Å². The predicted molar refractivity (Wildman–Crippen MR) is 128 cm³/mol. The van der Waals surface area contributed by atoms with Gasteiger partial charge in [-0.15, -0.1) is 0 Å². The summed E-state index contributed by atoms with van der Waals surface area (Å²) in [6.07, 6.45) is 4.91. The average Bonchev–Trinajstić information content (AvgIpc) is 3.37. The van der Waals surface area contributed by atoms with Crippen molar-refractivity contribution in [1.82, 2.24) is 24.4 Å². The van der Waals surface area contributed by atoms with E-state index in [9.17, 15) is 0 Å². The van der Waals surface area contributed by atoms with Crippen molar-refractivity contribution in [3.63, 3.8) is 0 Å². The summed E-state index contributed by atoms with van der Waals surface area (Å²) in [5.74, 6) is 0.601. The summed E-state index contributed by atoms with van der Waals surface area (Å²) in [6, 6.07) is 15.4. The van der Waals surface area contributed by atoms with E-state index < -0.39 is 0 Å². The third kappa shape index (κ3) is 3.39. The summed E-state index contributed by atoms with van der Waals surface area (Å²) in [6.45, 7) is 6.92. The van der Waals surface area contributed by atoms with Gasteiger partial charge in [0.25, 0.3) is 0 Å². The highest BCUT2D eigenvalue weighted by Gasteiger charge is 2.32. The Morgan fingerprint density at radius 1 is 1.00 bits per heavy atom. The maximum Gasteiger partial charge on any atom is 0.227 e. The Kier molecular flexibility index (Phi) is 4.57. The van der Waals surface area contributed by atoms with Gasteiger partial charge >= 0.3 is 0 Å². The van der Waals surface area contributed by atoms with Gasteiger partial charge in [0.1, 0.15) is 0 Å². The van der Waals surface area contributed by atoms with E-state index in [0.29, 0.717) is 12.0 Å². The van der Waals surface area contributed by atoms with Crippen LogP contribution in [0.5, 0.6) is 0 Å². The van der Waals surface area contributed by atoms with Gasteiger partial charge in [-0.2, -0.15) is 0 Å². The molecule has 7 heteroatoms. The van der Waals surface area contributed by atoms with Gasteiger partial charge in [0.2, 0.25) is 5.95 Å². The molecule has 0 amide bonds. The SMILES string of the molecule is Cc1cc(Nc2nccc(-c3ccc4ncn(C)c4c3)n2)ccc1N1CCN2CCC1C2. The Morgan fingerprint density at radius 2 is 1.94 bits per heavy atom. The average molecular weight is 426 g/mol. The first-order valence-electron chi connectivity index (χ1n) is 11.3. The maximum atomic E-state index is 4.76. The summed E-state index contributed by atoms with van der Waals surface area (Å²) in [5, 5.41) is 3.40. The van der Waals surface area contributed by atoms with Crippen molar-refractivity contribution in [2.24, 2.45) is 7.05 Å². The molecule has 2 bridgehead atoms. The molecule has 2 aliphatic rings. The number of benzene rings is 2. The number of hydrogen-bond donors (Lipinski definition) is 1. The fourth-order valence-corrected chi connectivity index (χ4v) is 5.07. The Morgan fingerprint density at radius 3 is 2.84 bits per heavy atom. The zero-order valence-corrected chi connectivity index (χ0v) is 18.5. The van der Waals surface area contributed by atoms with Crippen molar-refractivity contribution in [3.8, 4) is 11.3 Å². The molecule has 4 heterocycles. The molecule has 0 radical (unpaired) electrons. The zero-order chi connectivity index (χ0) is 21.7. The Balaban J connectivity index is 1.24. The lowest BCUT2D eigenvalue weighted by atomic mass is 10.1. The number of aryl methyl sites for hydroxylation is 2. The van der Waals surface area contributed by atoms with Crippen LogP contribution in [0.1, 0.15) is 12.0 Å². The molecule has 2 unspecified atom stereocenters. The zero-order valence-electron chi connectivity index (χ0n) is 18.5. The summed E-state index contributed by atoms with van der Waals surface area (Å²) in [4.78, 5) is 18.8. The van der Waals surface area contributed by atoms with Gasteiger partial charge < -0.3 is 14.8 Å². The van der Waals surface area contributed by atoms with Crippen molar-refractivity contribution in [2.75, 3.05) is 36.4 Å². The molecular formula is C25H27N7. The molecular weight excluding hydrogens is 398 g/mol. The van der Waals surface area contributed by atoms with E-state index in [0.717, 1.165) is 34.5 Å². The molecule has 162 valence electrons. The lowest BCUT2D eigenvalue weighted by molar-refractivity contribution is 0.310. The van der Waals surface area contributed by atoms with Gasteiger partial charge in [-0.25, -0.2) is 15.0 Å². The molecule has 2 aromatic heterocycles. The summed E-state index contributed by atoms with van der Waals surface area (Å²) < 4.78 is 2.02. The molecule has 2 aliphatic heterocycles. The first kappa shape index (κ1) is 19.3. The van der Waals surface area contributed by atoms with Crippen LogP contribution in [0.3, 0.4) is 0 Å². The number of rotatable bonds is 4. The van der Waals surface area contributed by atoms with Crippen LogP contribution >= 0.6 is 0 Å². The molecule has 2 fully saturated rings. The highest BCUT2D eigenvalue weighted by molar-refractivity contribution is 5.81. The number of aromatic nitrogens is 4. The van der Waals surface area contributed by atoms with E-state index in [1.165, 1.54) is 37.3 Å². The second kappa shape index (κ2) is 7.60. The minimum atomic E-state index is 0.601. The number of anilines is 3. The molecule has 2 saturated heterocycles. The third-order valence-corrected chi connectivity index (χ3v) is 6.78. The molecule has 2 aromatic carbocycles. The van der Waals surface area contributed by atoms with Crippen molar-refractivity contribution in [3.05, 3.63) is 60.6 Å². The molecule has 1 N–H and O–H groups in total. The Hall–Kier alpha value is -3.45. The lowest BCUT2D eigenvalue weighted by Crippen LogP contribution is -2.47. The van der Waals surface area contributed by atoms with E-state index in [-0.39, 0.29) is 0 Å². The van der Waals surface area contributed by atoms with Crippen LogP contribution in [-0.2, 0) is 7.05 Å². The number of hydrogen-bond acceptors (Lipinski definition) is 6. The molecule has 7 nitrogen and oxygen atoms in total. The fraction of sp³-hybridized carbons (Fsp3) is 0.320. The smallest absolute Gasteiger partial charge is 0.227 e. The van der Waals surface area contributed by atoms with Crippen LogP contribution in [0.25, 0.3) is 22.3 Å². The van der Waals surface area contributed by atoms with E-state index in [1.807, 2.05) is 30.1 Å². The largest absolute Gasteiger partial charge is 0.366 e. The molecule has 6 rings (SSSR count). The maximum absolute atomic E-state index is 4.76. The van der Waals surface area contributed by atoms with Gasteiger partial charge in [0, 0.05) is 62.4 Å². The van der Waals surface area contributed by atoms with Crippen molar-refractivity contribution >= 4 is 28.4 Å². The van der Waals surface area contributed by atoms with Crippen LogP contribution < -0.4 is 10.2 Å². The second-order valence-corrected chi connectivity index (χ2v) is 8.89. The number of piperazine rings is 1. The van der Waals surface area contributed by atoms with Gasteiger partial charge in [0.05, 0.1) is 23.1 Å². The molecule has 0 spiro atoms. The monoisotopic (exact) mass is 425 g/mol. The first-order chi connectivity index (χ1) is 15.6. The third-order valence-electron chi connectivity index (χ3n) is 6.78. The summed E-state index contributed by atoms with van der Waals surface area (Å²) in [5.41, 5.74) is 7.65. The van der Waals surface area contributed by atoms with E-state index in [1.54, 1.807) is 6.20 Å². The van der Waals surface area contributed by atoms with Gasteiger partial charge in [-0.1, -0.05) is 6.07 Å². The van der Waals surface area contributed by atoms with Gasteiger partial charge in [-0.3, -0.25) is 4.90 Å². The summed E-state index contributed by atoms with van der Waals surface area (Å²) >= 11 is 0. The second-order valence-electron chi connectivity index (χ2n) is 8.89. The molecule has 0 aliphatic carbocycles. The van der Waals surface area contributed by atoms with Crippen molar-refractivity contribution in [2.45, 2.75) is 19.4 Å². The van der Waals surface area contributed by atoms with E-state index >= 15 is 0 Å². The van der Waals surface area contributed by atoms with E-state index in [4.69, 9.17) is 4.98 Å². The fourth-order valence-electron chi connectivity index (χ4n) is 5.07. The number of nitrogens with one attached hydrogen (secondary N) is 1. The predicted octanol–water partition coefficient (Wildman–Crippen LogP) is 3.98. The first-order valence-corrected chi connectivity index (χ1v) is 11.3. The standard InChI is InChI=1S/C25H27N7/c1-17-13-19(4-6-23(17)32-12-11-31-10-8-20(32)15-31)28-25-26-9-7-21(29-25)18-3-5-22-24(14-18)30(2)16-27-22/h3-7,9,13-14,16,20H,8,10-12,15H2,1-2H3,(H,26,28,29). The highest BCUT2D eigenvalue weighted by Crippen LogP contribution is 2.31. The van der Waals surface area contributed by atoms with Gasteiger partial charge in [0.15, 0.2) is 0 Å². The quantitative estimate of drug-likeness (QED) is 0.534. The molecule has 2 atom stereocenters. The van der Waals surface area contributed by atoms with Crippen LogP contribution in [0.4, 0.5) is 17.3 Å². The number of imidazole rings is 1. The van der Waals surface area contributed by atoms with Crippen LogP contribution in [0, 0.1) is 6.92 Å². The van der Waals surface area contributed by atoms with Crippen LogP contribution in [0.15, 0.2) is 55.0 Å². The molecule has 0 saturated carbocycles. The topological polar surface area (TPSA) is 62.1 Å². The van der Waals surface area contributed by atoms with Crippen molar-refractivity contribution in [1.29, 1.82) is 0 Å². The highest BCUT2D eigenvalue weighted by atomic mass is 15.3. The van der Waals surface area contributed by atoms with Crippen LogP contribution in [-0.4, -0.2) is 56.6 Å². The Bertz CT molecular complexity index is 1290. The summed E-state index contributed by atoms with van der Waals surface area (Å²) in [7, 11) is 2.00. The van der Waals surface area contributed by atoms with Crippen molar-refractivity contribution < 1.29 is 0 Å². The minimum absolute atomic E-state index is 0.601. The minimum Gasteiger partial charge on any atom is -0.366 e. The number of nitrogens with zero attached hydrogens (tertiary/aromatic N) is 6. The normalized spacial score (nSPS) is 20.1. The molecule has 32 heavy (non-hydrogen) atoms. The lowest BCUT2D eigenvalue weighted by Gasteiger charge is -2.37. The van der Waals surface area contributed by atoms with E-state index in [2.05, 4.69) is 62.3 Å². The number of fused-ring (bicyclic) bond motifs is 3. The molecule has 4 aromatic rings. The van der Waals surface area contributed by atoms with Crippen LogP contribution in [0.2, 0.25) is 0 Å².